The van der Waals surface area contributed by atoms with Crippen molar-refractivity contribution in [2.75, 3.05) is 56.4 Å². The number of ether oxygens (including phenoxy) is 2. The number of sulfone groups is 1. The second-order valence-electron chi connectivity index (χ2n) is 11.8. The highest BCUT2D eigenvalue weighted by Crippen LogP contribution is 2.40. The zero-order valence-corrected chi connectivity index (χ0v) is 28.0. The monoisotopic (exact) mass is 668 g/mol. The molecule has 0 N–H and O–H groups in total. The number of fused-ring (bicyclic) bond motifs is 2. The summed E-state index contributed by atoms with van der Waals surface area (Å²) in [5.74, 6) is 0.625. The molecule has 248 valence electrons. The van der Waals surface area contributed by atoms with Crippen LogP contribution in [-0.2, 0) is 21.2 Å². The smallest absolute Gasteiger partial charge is 0.414 e. The van der Waals surface area contributed by atoms with Gasteiger partial charge in [0.15, 0.2) is 5.65 Å². The molecule has 5 aromatic rings. The van der Waals surface area contributed by atoms with E-state index in [0.29, 0.717) is 47.0 Å². The summed E-state index contributed by atoms with van der Waals surface area (Å²) >= 11 is 0. The fourth-order valence-electron chi connectivity index (χ4n) is 5.59. The highest BCUT2D eigenvalue weighted by molar-refractivity contribution is 7.90. The molecule has 3 heterocycles. The van der Waals surface area contributed by atoms with Gasteiger partial charge < -0.3 is 19.3 Å². The number of para-hydroxylation sites is 1. The maximum Gasteiger partial charge on any atom is 0.414 e. The van der Waals surface area contributed by atoms with Crippen LogP contribution in [0.1, 0.15) is 11.1 Å². The highest BCUT2D eigenvalue weighted by Gasteiger charge is 2.32. The molecule has 0 saturated heterocycles. The van der Waals surface area contributed by atoms with Gasteiger partial charge in [0.2, 0.25) is 15.0 Å². The average molecular weight is 669 g/mol. The van der Waals surface area contributed by atoms with Crippen LogP contribution in [0.5, 0.6) is 5.75 Å². The van der Waals surface area contributed by atoms with E-state index in [4.69, 9.17) is 9.47 Å². The number of likely N-dealkylation sites (N-methyl/N-ethyl adjacent to an activating group) is 1. The van der Waals surface area contributed by atoms with Crippen molar-refractivity contribution in [3.8, 4) is 11.4 Å². The Balaban J connectivity index is 1.42. The molecule has 0 bridgehead atoms. The normalized spacial score (nSPS) is 13.1. The van der Waals surface area contributed by atoms with Crippen molar-refractivity contribution in [2.24, 2.45) is 0 Å². The third-order valence-electron chi connectivity index (χ3n) is 7.97. The molecule has 0 atom stereocenters. The molecule has 3 aromatic carbocycles. The number of rotatable bonds is 9. The number of aryl methyl sites for hydroxylation is 1. The molecule has 12 nitrogen and oxygen atoms in total. The van der Waals surface area contributed by atoms with Crippen LogP contribution in [0.2, 0.25) is 0 Å². The molecule has 1 aliphatic rings. The van der Waals surface area contributed by atoms with E-state index in [0.717, 1.165) is 23.9 Å². The first-order chi connectivity index (χ1) is 23.0. The van der Waals surface area contributed by atoms with Crippen molar-refractivity contribution in [1.29, 1.82) is 0 Å². The lowest BCUT2D eigenvalue weighted by Gasteiger charge is -2.38. The van der Waals surface area contributed by atoms with E-state index >= 15 is 0 Å². The van der Waals surface area contributed by atoms with Crippen molar-refractivity contribution in [1.82, 2.24) is 19.4 Å². The Hall–Kier alpha value is -5.27. The van der Waals surface area contributed by atoms with Gasteiger partial charge >= 0.3 is 6.09 Å². The minimum absolute atomic E-state index is 0.130. The largest absolute Gasteiger partial charge is 0.492 e. The fourth-order valence-corrected chi connectivity index (χ4v) is 6.09. The Bertz CT molecular complexity index is 2140. The number of aromatic nitrogens is 3. The van der Waals surface area contributed by atoms with Crippen LogP contribution in [0.25, 0.3) is 16.7 Å². The predicted octanol–water partition coefficient (Wildman–Crippen LogP) is 4.73. The molecular formula is C35H36N6O6S. The van der Waals surface area contributed by atoms with E-state index in [1.807, 2.05) is 79.3 Å². The maximum absolute atomic E-state index is 14.5. The van der Waals surface area contributed by atoms with Crippen molar-refractivity contribution in [3.63, 3.8) is 0 Å². The lowest BCUT2D eigenvalue weighted by molar-refractivity contribution is 0.147. The second kappa shape index (κ2) is 13.5. The van der Waals surface area contributed by atoms with Gasteiger partial charge in [0.25, 0.3) is 5.56 Å². The topological polar surface area (TPSA) is 127 Å². The molecule has 1 aliphatic heterocycles. The van der Waals surface area contributed by atoms with Crippen LogP contribution in [0.4, 0.5) is 21.9 Å². The summed E-state index contributed by atoms with van der Waals surface area (Å²) in [6.45, 7) is 3.80. The number of pyridine rings is 1. The van der Waals surface area contributed by atoms with Gasteiger partial charge in [0.1, 0.15) is 24.7 Å². The Morgan fingerprint density at radius 1 is 0.958 bits per heavy atom. The van der Waals surface area contributed by atoms with Gasteiger partial charge in [-0.1, -0.05) is 42.5 Å². The van der Waals surface area contributed by atoms with Crippen LogP contribution in [0.3, 0.4) is 0 Å². The van der Waals surface area contributed by atoms with Gasteiger partial charge in [-0.2, -0.15) is 4.98 Å². The van der Waals surface area contributed by atoms with E-state index in [1.165, 1.54) is 10.8 Å². The van der Waals surface area contributed by atoms with E-state index in [-0.39, 0.29) is 24.0 Å². The summed E-state index contributed by atoms with van der Waals surface area (Å²) < 4.78 is 37.8. The van der Waals surface area contributed by atoms with Crippen molar-refractivity contribution in [3.05, 3.63) is 107 Å². The molecule has 0 unspecified atom stereocenters. The van der Waals surface area contributed by atoms with Crippen LogP contribution >= 0.6 is 0 Å². The number of nitrogens with zero attached hydrogens (tertiary/aromatic N) is 6. The Morgan fingerprint density at radius 3 is 2.42 bits per heavy atom. The molecule has 0 fully saturated rings. The molecule has 6 rings (SSSR count). The third kappa shape index (κ3) is 6.73. The zero-order valence-electron chi connectivity index (χ0n) is 27.2. The summed E-state index contributed by atoms with van der Waals surface area (Å²) in [4.78, 5) is 41.8. The van der Waals surface area contributed by atoms with Crippen LogP contribution in [-0.4, -0.2) is 80.5 Å². The van der Waals surface area contributed by atoms with E-state index < -0.39 is 21.5 Å². The van der Waals surface area contributed by atoms with Gasteiger partial charge in [-0.3, -0.25) is 14.3 Å². The maximum atomic E-state index is 14.5. The van der Waals surface area contributed by atoms with Crippen LogP contribution in [0, 0.1) is 6.92 Å². The lowest BCUT2D eigenvalue weighted by atomic mass is 10.1. The number of hydrogen-bond donors (Lipinski definition) is 0. The number of anilines is 3. The minimum atomic E-state index is -3.76. The van der Waals surface area contributed by atoms with Gasteiger partial charge in [-0.05, 0) is 68.5 Å². The SMILES string of the molecule is Cc1cccc2c1N(C(=O)OCc1ccccc1)CCN2c1cc2cnc(S(C)(=O)=O)nc2n(-c2ccc(OCCN(C)C)cc2)c1=O. The summed E-state index contributed by atoms with van der Waals surface area (Å²) in [5, 5.41) is 0.0744. The average Bonchev–Trinajstić information content (AvgIpc) is 3.07. The Labute approximate surface area is 278 Å². The molecule has 0 radical (unpaired) electrons. The molecule has 2 aromatic heterocycles. The fraction of sp³-hybridized carbons (Fsp3) is 0.257. The van der Waals surface area contributed by atoms with Gasteiger partial charge in [-0.15, -0.1) is 0 Å². The first-order valence-corrected chi connectivity index (χ1v) is 17.3. The molecule has 13 heteroatoms. The predicted molar refractivity (Wildman–Crippen MR) is 184 cm³/mol. The molecule has 0 aliphatic carbocycles. The molecule has 1 amide bonds. The Kier molecular flexibility index (Phi) is 9.16. The highest BCUT2D eigenvalue weighted by atomic mass is 32.2. The molecule has 0 spiro atoms. The molecular weight excluding hydrogens is 632 g/mol. The lowest BCUT2D eigenvalue weighted by Crippen LogP contribution is -2.44. The molecule has 48 heavy (non-hydrogen) atoms. The standard InChI is InChI=1S/C35H36N6O6S/c1-24-9-8-12-29-31(24)40(35(43)47-23-25-10-6-5-7-11-25)18-17-39(29)30-21-26-22-36-34(48(4,44)45)37-32(26)41(33(30)42)27-13-15-28(16-14-27)46-20-19-38(2)3/h5-16,21-22H,17-20,23H2,1-4H3. The number of carbonyl (C=O) groups excluding carboxylic acids is 1. The van der Waals surface area contributed by atoms with Gasteiger partial charge in [-0.25, -0.2) is 18.2 Å². The van der Waals surface area contributed by atoms with Crippen molar-refractivity contribution >= 4 is 44.0 Å². The van der Waals surface area contributed by atoms with E-state index in [9.17, 15) is 18.0 Å². The van der Waals surface area contributed by atoms with E-state index in [2.05, 4.69) is 9.97 Å². The van der Waals surface area contributed by atoms with Crippen molar-refractivity contribution in [2.45, 2.75) is 18.7 Å². The Morgan fingerprint density at radius 2 is 1.71 bits per heavy atom. The number of carbonyl (C=O) groups is 1. The summed E-state index contributed by atoms with van der Waals surface area (Å²) in [6.07, 6.45) is 1.94. The summed E-state index contributed by atoms with van der Waals surface area (Å²) in [6, 6.07) is 23.7. The van der Waals surface area contributed by atoms with Crippen LogP contribution < -0.4 is 20.1 Å². The summed E-state index contributed by atoms with van der Waals surface area (Å²) in [7, 11) is 0.155. The number of hydrogen-bond acceptors (Lipinski definition) is 10. The second-order valence-corrected chi connectivity index (χ2v) is 13.7. The number of benzene rings is 3. The number of amides is 1. The van der Waals surface area contributed by atoms with Crippen LogP contribution in [0.15, 0.2) is 95.0 Å². The zero-order chi connectivity index (χ0) is 34.0. The quantitative estimate of drug-likeness (QED) is 0.204. The molecule has 0 saturated carbocycles. The van der Waals surface area contributed by atoms with Gasteiger partial charge in [0, 0.05) is 37.5 Å². The minimum Gasteiger partial charge on any atom is -0.492 e. The van der Waals surface area contributed by atoms with Crippen molar-refractivity contribution < 1.29 is 22.7 Å². The first-order valence-electron chi connectivity index (χ1n) is 15.4. The summed E-state index contributed by atoms with van der Waals surface area (Å²) in [5.41, 5.74) is 3.50. The first kappa shape index (κ1) is 32.7. The van der Waals surface area contributed by atoms with Gasteiger partial charge in [0.05, 0.1) is 17.1 Å². The third-order valence-corrected chi connectivity index (χ3v) is 8.83. The van der Waals surface area contributed by atoms with E-state index in [1.54, 1.807) is 35.2 Å².